The van der Waals surface area contributed by atoms with Gasteiger partial charge in [-0.3, -0.25) is 4.99 Å². The molecule has 3 rings (SSSR count). The molecule has 0 aromatic heterocycles. The molecular weight excluding hydrogens is 353 g/mol. The predicted molar refractivity (Wildman–Crippen MR) is 112 cm³/mol. The van der Waals surface area contributed by atoms with Crippen LogP contribution in [0.3, 0.4) is 0 Å². The van der Waals surface area contributed by atoms with E-state index in [1.165, 1.54) is 5.56 Å². The zero-order chi connectivity index (χ0) is 19.7. The number of halogens is 1. The molecule has 1 fully saturated rings. The molecular formula is C23H30FN3O. The highest BCUT2D eigenvalue weighted by atomic mass is 19.1. The first kappa shape index (κ1) is 20.3. The second-order valence-corrected chi connectivity index (χ2v) is 7.26. The second-order valence-electron chi connectivity index (χ2n) is 7.26. The van der Waals surface area contributed by atoms with Crippen LogP contribution in [0.4, 0.5) is 4.39 Å². The fourth-order valence-electron chi connectivity index (χ4n) is 3.65. The molecule has 0 bridgehead atoms. The number of aliphatic imine (C=N–C) groups is 1. The third kappa shape index (κ3) is 5.55. The van der Waals surface area contributed by atoms with Gasteiger partial charge in [0.05, 0.1) is 6.54 Å². The molecule has 0 aliphatic carbocycles. The Morgan fingerprint density at radius 2 is 1.75 bits per heavy atom. The van der Waals surface area contributed by atoms with E-state index in [1.54, 1.807) is 12.1 Å². The van der Waals surface area contributed by atoms with E-state index in [4.69, 9.17) is 9.73 Å². The normalized spacial score (nSPS) is 16.6. The average molecular weight is 384 g/mol. The van der Waals surface area contributed by atoms with Gasteiger partial charge in [-0.25, -0.2) is 4.39 Å². The lowest BCUT2D eigenvalue weighted by atomic mass is 9.74. The summed E-state index contributed by atoms with van der Waals surface area (Å²) in [4.78, 5) is 4.88. The van der Waals surface area contributed by atoms with Gasteiger partial charge in [0.2, 0.25) is 0 Å². The van der Waals surface area contributed by atoms with Crippen LogP contribution in [0.15, 0.2) is 59.6 Å². The number of hydrogen-bond acceptors (Lipinski definition) is 2. The Balaban J connectivity index is 1.68. The van der Waals surface area contributed by atoms with E-state index < -0.39 is 0 Å². The minimum atomic E-state index is -0.203. The Morgan fingerprint density at radius 3 is 2.43 bits per heavy atom. The van der Waals surface area contributed by atoms with Crippen molar-refractivity contribution in [3.63, 3.8) is 0 Å². The van der Waals surface area contributed by atoms with E-state index in [0.29, 0.717) is 19.8 Å². The van der Waals surface area contributed by atoms with Gasteiger partial charge in [0.15, 0.2) is 5.96 Å². The molecule has 1 aliphatic rings. The highest BCUT2D eigenvalue weighted by molar-refractivity contribution is 5.79. The van der Waals surface area contributed by atoms with Gasteiger partial charge in [0, 0.05) is 31.7 Å². The van der Waals surface area contributed by atoms with Crippen molar-refractivity contribution in [1.82, 2.24) is 10.6 Å². The monoisotopic (exact) mass is 383 g/mol. The van der Waals surface area contributed by atoms with Crippen LogP contribution in [0.25, 0.3) is 0 Å². The molecule has 4 nitrogen and oxygen atoms in total. The van der Waals surface area contributed by atoms with Crippen LogP contribution in [-0.4, -0.2) is 38.8 Å². The van der Waals surface area contributed by atoms with Gasteiger partial charge >= 0.3 is 0 Å². The van der Waals surface area contributed by atoms with Crippen LogP contribution in [0, 0.1) is 5.82 Å². The molecule has 0 amide bonds. The van der Waals surface area contributed by atoms with Gasteiger partial charge in [-0.05, 0) is 49.4 Å². The van der Waals surface area contributed by atoms with E-state index in [9.17, 15) is 4.39 Å². The van der Waals surface area contributed by atoms with Gasteiger partial charge in [-0.1, -0.05) is 42.5 Å². The Bertz CT molecular complexity index is 740. The molecule has 5 heteroatoms. The minimum Gasteiger partial charge on any atom is -0.381 e. The molecule has 1 aliphatic heterocycles. The van der Waals surface area contributed by atoms with Crippen LogP contribution >= 0.6 is 0 Å². The second kappa shape index (κ2) is 10.2. The van der Waals surface area contributed by atoms with Crippen molar-refractivity contribution in [2.75, 3.05) is 32.8 Å². The molecule has 1 saturated heterocycles. The lowest BCUT2D eigenvalue weighted by Crippen LogP contribution is -2.41. The SMILES string of the molecule is CCNC(=NCC1(c2ccc(F)cc2)CCOCC1)NCCc1ccccc1. The molecule has 0 radical (unpaired) electrons. The number of nitrogens with zero attached hydrogens (tertiary/aromatic N) is 1. The topological polar surface area (TPSA) is 45.7 Å². The average Bonchev–Trinajstić information content (AvgIpc) is 2.74. The summed E-state index contributed by atoms with van der Waals surface area (Å²) >= 11 is 0. The summed E-state index contributed by atoms with van der Waals surface area (Å²) in [7, 11) is 0. The van der Waals surface area contributed by atoms with E-state index in [1.807, 2.05) is 18.2 Å². The van der Waals surface area contributed by atoms with Crippen LogP contribution < -0.4 is 10.6 Å². The van der Waals surface area contributed by atoms with Crippen LogP contribution in [-0.2, 0) is 16.6 Å². The number of hydrogen-bond donors (Lipinski definition) is 2. The quantitative estimate of drug-likeness (QED) is 0.566. The predicted octanol–water partition coefficient (Wildman–Crippen LogP) is 3.67. The molecule has 0 atom stereocenters. The lowest BCUT2D eigenvalue weighted by molar-refractivity contribution is 0.0531. The molecule has 150 valence electrons. The molecule has 1 heterocycles. The molecule has 28 heavy (non-hydrogen) atoms. The van der Waals surface area contributed by atoms with Gasteiger partial charge in [-0.2, -0.15) is 0 Å². The maximum absolute atomic E-state index is 13.4. The van der Waals surface area contributed by atoms with E-state index in [0.717, 1.165) is 43.9 Å². The Labute approximate surface area is 167 Å². The van der Waals surface area contributed by atoms with Crippen LogP contribution in [0.1, 0.15) is 30.9 Å². The van der Waals surface area contributed by atoms with Crippen molar-refractivity contribution >= 4 is 5.96 Å². The maximum atomic E-state index is 13.4. The first-order chi connectivity index (χ1) is 13.7. The number of nitrogens with one attached hydrogen (secondary N) is 2. The van der Waals surface area contributed by atoms with E-state index in [-0.39, 0.29) is 11.2 Å². The summed E-state index contributed by atoms with van der Waals surface area (Å²) in [6.07, 6.45) is 2.74. The molecule has 2 N–H and O–H groups in total. The standard InChI is InChI=1S/C23H30FN3O/c1-2-25-22(26-15-12-19-6-4-3-5-7-19)27-18-23(13-16-28-17-14-23)20-8-10-21(24)11-9-20/h3-11H,2,12-18H2,1H3,(H2,25,26,27). The molecule has 0 spiro atoms. The van der Waals surface area contributed by atoms with Crippen molar-refractivity contribution in [2.45, 2.75) is 31.6 Å². The van der Waals surface area contributed by atoms with Gasteiger partial charge in [-0.15, -0.1) is 0 Å². The van der Waals surface area contributed by atoms with Crippen molar-refractivity contribution in [3.8, 4) is 0 Å². The Kier molecular flexibility index (Phi) is 7.43. The smallest absolute Gasteiger partial charge is 0.191 e. The first-order valence-corrected chi connectivity index (χ1v) is 10.1. The Hall–Kier alpha value is -2.40. The van der Waals surface area contributed by atoms with Crippen molar-refractivity contribution in [1.29, 1.82) is 0 Å². The first-order valence-electron chi connectivity index (χ1n) is 10.1. The Morgan fingerprint density at radius 1 is 1.04 bits per heavy atom. The maximum Gasteiger partial charge on any atom is 0.191 e. The minimum absolute atomic E-state index is 0.103. The van der Waals surface area contributed by atoms with Crippen molar-refractivity contribution in [2.24, 2.45) is 4.99 Å². The van der Waals surface area contributed by atoms with Crippen molar-refractivity contribution < 1.29 is 9.13 Å². The molecule has 2 aromatic carbocycles. The third-order valence-corrected chi connectivity index (χ3v) is 5.34. The summed E-state index contributed by atoms with van der Waals surface area (Å²) in [5, 5.41) is 6.77. The van der Waals surface area contributed by atoms with E-state index >= 15 is 0 Å². The van der Waals surface area contributed by atoms with E-state index in [2.05, 4.69) is 41.8 Å². The van der Waals surface area contributed by atoms with Gasteiger partial charge < -0.3 is 15.4 Å². The van der Waals surface area contributed by atoms with Gasteiger partial charge in [0.1, 0.15) is 5.82 Å². The fourth-order valence-corrected chi connectivity index (χ4v) is 3.65. The summed E-state index contributed by atoms with van der Waals surface area (Å²) < 4.78 is 19.0. The summed E-state index contributed by atoms with van der Waals surface area (Å²) in [5.41, 5.74) is 2.34. The molecule has 0 saturated carbocycles. The molecule has 0 unspecified atom stereocenters. The number of guanidine groups is 1. The van der Waals surface area contributed by atoms with Crippen LogP contribution in [0.2, 0.25) is 0 Å². The fraction of sp³-hybridized carbons (Fsp3) is 0.435. The summed E-state index contributed by atoms with van der Waals surface area (Å²) in [5.74, 6) is 0.622. The number of rotatable bonds is 7. The highest BCUT2D eigenvalue weighted by Crippen LogP contribution is 2.35. The highest BCUT2D eigenvalue weighted by Gasteiger charge is 2.34. The largest absolute Gasteiger partial charge is 0.381 e. The van der Waals surface area contributed by atoms with Crippen LogP contribution in [0.5, 0.6) is 0 Å². The number of ether oxygens (including phenoxy) is 1. The van der Waals surface area contributed by atoms with Gasteiger partial charge in [0.25, 0.3) is 0 Å². The van der Waals surface area contributed by atoms with Crippen molar-refractivity contribution in [3.05, 3.63) is 71.5 Å². The molecule has 2 aromatic rings. The number of benzene rings is 2. The zero-order valence-corrected chi connectivity index (χ0v) is 16.6. The zero-order valence-electron chi connectivity index (χ0n) is 16.6. The summed E-state index contributed by atoms with van der Waals surface area (Å²) in [6.45, 7) is 5.78. The third-order valence-electron chi connectivity index (χ3n) is 5.34. The summed E-state index contributed by atoms with van der Waals surface area (Å²) in [6, 6.07) is 17.3. The lowest BCUT2D eigenvalue weighted by Gasteiger charge is -2.36.